The Morgan fingerprint density at radius 3 is 2.60 bits per heavy atom. The second-order valence-corrected chi connectivity index (χ2v) is 5.20. The van der Waals surface area contributed by atoms with Gasteiger partial charge in [0.2, 0.25) is 5.95 Å². The molecule has 102 valence electrons. The van der Waals surface area contributed by atoms with E-state index in [9.17, 15) is 0 Å². The SMILES string of the molecule is CN(C)c1ccccc1-n1c(N)nc2c(Cl)cccc21. The van der Waals surface area contributed by atoms with Crippen LogP contribution in [-0.2, 0) is 0 Å². The first kappa shape index (κ1) is 12.8. The van der Waals surface area contributed by atoms with E-state index in [0.29, 0.717) is 11.0 Å². The van der Waals surface area contributed by atoms with Crippen LogP contribution in [0.3, 0.4) is 0 Å². The molecule has 3 aromatic rings. The molecule has 1 aromatic heterocycles. The first-order valence-corrected chi connectivity index (χ1v) is 6.66. The Morgan fingerprint density at radius 1 is 1.10 bits per heavy atom. The smallest absolute Gasteiger partial charge is 0.206 e. The second kappa shape index (κ2) is 4.72. The van der Waals surface area contributed by atoms with Gasteiger partial charge in [0.05, 0.1) is 21.9 Å². The van der Waals surface area contributed by atoms with E-state index in [2.05, 4.69) is 4.98 Å². The second-order valence-electron chi connectivity index (χ2n) is 4.80. The Balaban J connectivity index is 2.36. The van der Waals surface area contributed by atoms with E-state index >= 15 is 0 Å². The largest absolute Gasteiger partial charge is 0.376 e. The lowest BCUT2D eigenvalue weighted by Crippen LogP contribution is -2.13. The number of hydrogen-bond acceptors (Lipinski definition) is 3. The van der Waals surface area contributed by atoms with Gasteiger partial charge in [0.25, 0.3) is 0 Å². The Hall–Kier alpha value is -2.20. The van der Waals surface area contributed by atoms with Crippen molar-refractivity contribution in [2.75, 3.05) is 24.7 Å². The lowest BCUT2D eigenvalue weighted by atomic mass is 10.2. The van der Waals surface area contributed by atoms with E-state index in [-0.39, 0.29) is 0 Å². The van der Waals surface area contributed by atoms with Crippen molar-refractivity contribution >= 4 is 34.3 Å². The molecule has 0 aliphatic carbocycles. The third-order valence-corrected chi connectivity index (χ3v) is 3.57. The van der Waals surface area contributed by atoms with Crippen molar-refractivity contribution in [1.82, 2.24) is 9.55 Å². The summed E-state index contributed by atoms with van der Waals surface area (Å²) < 4.78 is 1.93. The molecule has 0 amide bonds. The number of benzene rings is 2. The molecule has 0 radical (unpaired) electrons. The summed E-state index contributed by atoms with van der Waals surface area (Å²) in [4.78, 5) is 6.43. The molecule has 0 atom stereocenters. The van der Waals surface area contributed by atoms with Crippen LogP contribution in [0.15, 0.2) is 42.5 Å². The fraction of sp³-hybridized carbons (Fsp3) is 0.133. The standard InChI is InChI=1S/C15H15ClN4/c1-19(2)11-7-3-4-8-12(11)20-13-9-5-6-10(16)14(13)18-15(20)17/h3-9H,1-2H3,(H2,17,18). The summed E-state index contributed by atoms with van der Waals surface area (Å²) in [5.41, 5.74) is 9.78. The monoisotopic (exact) mass is 286 g/mol. The van der Waals surface area contributed by atoms with Crippen molar-refractivity contribution in [2.24, 2.45) is 0 Å². The molecule has 1 heterocycles. The Morgan fingerprint density at radius 2 is 1.85 bits per heavy atom. The number of imidazole rings is 1. The highest BCUT2D eigenvalue weighted by atomic mass is 35.5. The number of fused-ring (bicyclic) bond motifs is 1. The molecule has 0 saturated carbocycles. The van der Waals surface area contributed by atoms with Crippen LogP contribution in [0.2, 0.25) is 5.02 Å². The third-order valence-electron chi connectivity index (χ3n) is 3.27. The van der Waals surface area contributed by atoms with Gasteiger partial charge in [-0.05, 0) is 24.3 Å². The molecule has 2 aromatic carbocycles. The summed E-state index contributed by atoms with van der Waals surface area (Å²) in [6.45, 7) is 0. The molecule has 0 aliphatic rings. The minimum atomic E-state index is 0.433. The summed E-state index contributed by atoms with van der Waals surface area (Å²) in [6.07, 6.45) is 0. The summed E-state index contributed by atoms with van der Waals surface area (Å²) in [7, 11) is 4.00. The maximum Gasteiger partial charge on any atom is 0.206 e. The maximum absolute atomic E-state index is 6.19. The van der Waals surface area contributed by atoms with Gasteiger partial charge in [0.15, 0.2) is 0 Å². The number of halogens is 1. The molecule has 20 heavy (non-hydrogen) atoms. The summed E-state index contributed by atoms with van der Waals surface area (Å²) in [5.74, 6) is 0.433. The lowest BCUT2D eigenvalue weighted by Gasteiger charge is -2.18. The number of aromatic nitrogens is 2. The summed E-state index contributed by atoms with van der Waals surface area (Å²) >= 11 is 6.19. The van der Waals surface area contributed by atoms with Crippen LogP contribution in [-0.4, -0.2) is 23.6 Å². The van der Waals surface area contributed by atoms with Crippen LogP contribution in [0, 0.1) is 0 Å². The highest BCUT2D eigenvalue weighted by molar-refractivity contribution is 6.35. The minimum absolute atomic E-state index is 0.433. The van der Waals surface area contributed by atoms with Crippen molar-refractivity contribution in [3.63, 3.8) is 0 Å². The van der Waals surface area contributed by atoms with E-state index in [1.165, 1.54) is 0 Å². The number of rotatable bonds is 2. The molecule has 4 nitrogen and oxygen atoms in total. The quantitative estimate of drug-likeness (QED) is 0.786. The zero-order valence-electron chi connectivity index (χ0n) is 11.3. The van der Waals surface area contributed by atoms with Gasteiger partial charge < -0.3 is 10.6 Å². The van der Waals surface area contributed by atoms with E-state index in [1.807, 2.05) is 66.0 Å². The van der Waals surface area contributed by atoms with Crippen LogP contribution in [0.5, 0.6) is 0 Å². The third kappa shape index (κ3) is 1.89. The van der Waals surface area contributed by atoms with Gasteiger partial charge in [-0.2, -0.15) is 0 Å². The Bertz CT molecular complexity index is 777. The maximum atomic E-state index is 6.19. The van der Waals surface area contributed by atoms with Crippen molar-refractivity contribution in [1.29, 1.82) is 0 Å². The van der Waals surface area contributed by atoms with Crippen LogP contribution in [0.25, 0.3) is 16.7 Å². The molecule has 2 N–H and O–H groups in total. The van der Waals surface area contributed by atoms with Gasteiger partial charge in [-0.3, -0.25) is 4.57 Å². The minimum Gasteiger partial charge on any atom is -0.376 e. The number of hydrogen-bond donors (Lipinski definition) is 1. The summed E-state index contributed by atoms with van der Waals surface area (Å²) in [6, 6.07) is 13.7. The topological polar surface area (TPSA) is 47.1 Å². The van der Waals surface area contributed by atoms with Crippen LogP contribution in [0.4, 0.5) is 11.6 Å². The number of anilines is 2. The number of nitrogens with zero attached hydrogens (tertiary/aromatic N) is 3. The number of nitrogens with two attached hydrogens (primary N) is 1. The molecule has 3 rings (SSSR count). The van der Waals surface area contributed by atoms with Gasteiger partial charge in [0.1, 0.15) is 5.52 Å². The predicted molar refractivity (Wildman–Crippen MR) is 84.8 cm³/mol. The summed E-state index contributed by atoms with van der Waals surface area (Å²) in [5, 5.41) is 0.607. The normalized spacial score (nSPS) is 10.9. The molecule has 0 spiro atoms. The van der Waals surface area contributed by atoms with Gasteiger partial charge >= 0.3 is 0 Å². The Labute approximate surface area is 122 Å². The fourth-order valence-corrected chi connectivity index (χ4v) is 2.58. The molecule has 0 unspecified atom stereocenters. The van der Waals surface area contributed by atoms with Crippen LogP contribution < -0.4 is 10.6 Å². The number of nitrogen functional groups attached to an aromatic ring is 1. The van der Waals surface area contributed by atoms with Gasteiger partial charge in [0, 0.05) is 14.1 Å². The zero-order chi connectivity index (χ0) is 14.3. The first-order chi connectivity index (χ1) is 9.59. The lowest BCUT2D eigenvalue weighted by molar-refractivity contribution is 1.06. The highest BCUT2D eigenvalue weighted by Gasteiger charge is 2.15. The van der Waals surface area contributed by atoms with Crippen molar-refractivity contribution in [3.05, 3.63) is 47.5 Å². The van der Waals surface area contributed by atoms with Gasteiger partial charge in [-0.25, -0.2) is 4.98 Å². The van der Waals surface area contributed by atoms with E-state index in [4.69, 9.17) is 17.3 Å². The van der Waals surface area contributed by atoms with Crippen LogP contribution in [0.1, 0.15) is 0 Å². The Kier molecular flexibility index (Phi) is 3.03. The number of para-hydroxylation sites is 3. The van der Waals surface area contributed by atoms with E-state index in [0.717, 1.165) is 22.4 Å². The molecular weight excluding hydrogens is 272 g/mol. The average Bonchev–Trinajstić information content (AvgIpc) is 2.76. The van der Waals surface area contributed by atoms with Crippen molar-refractivity contribution in [2.45, 2.75) is 0 Å². The van der Waals surface area contributed by atoms with E-state index in [1.54, 1.807) is 0 Å². The molecule has 5 heteroatoms. The van der Waals surface area contributed by atoms with E-state index < -0.39 is 0 Å². The van der Waals surface area contributed by atoms with Crippen molar-refractivity contribution in [3.8, 4) is 5.69 Å². The molecule has 0 bridgehead atoms. The molecule has 0 fully saturated rings. The highest BCUT2D eigenvalue weighted by Crippen LogP contribution is 2.31. The zero-order valence-corrected chi connectivity index (χ0v) is 12.1. The van der Waals surface area contributed by atoms with Crippen molar-refractivity contribution < 1.29 is 0 Å². The molecule has 0 aliphatic heterocycles. The fourth-order valence-electron chi connectivity index (χ4n) is 2.37. The first-order valence-electron chi connectivity index (χ1n) is 6.29. The average molecular weight is 287 g/mol. The predicted octanol–water partition coefficient (Wildman–Crippen LogP) is 3.33. The van der Waals surface area contributed by atoms with Crippen LogP contribution >= 0.6 is 11.6 Å². The van der Waals surface area contributed by atoms with Gasteiger partial charge in [-0.15, -0.1) is 0 Å². The molecule has 0 saturated heterocycles. The molecular formula is C15H15ClN4. The van der Waals surface area contributed by atoms with Gasteiger partial charge in [-0.1, -0.05) is 29.8 Å².